The average Bonchev–Trinajstić information content (AvgIpc) is 2.45. The monoisotopic (exact) mass is 332 g/mol. The van der Waals surface area contributed by atoms with Crippen molar-refractivity contribution in [2.45, 2.75) is 19.4 Å². The summed E-state index contributed by atoms with van der Waals surface area (Å²) in [5.74, 6) is 0.875. The lowest BCUT2D eigenvalue weighted by molar-refractivity contribution is 0.180. The van der Waals surface area contributed by atoms with Crippen molar-refractivity contribution in [3.63, 3.8) is 0 Å². The van der Waals surface area contributed by atoms with Crippen LogP contribution in [0, 0.1) is 5.92 Å². The standard InChI is InChI=1S/C14H21ClN2O3S/c1-21(18,19)17-6-2-3-11(9-17)10-20-14-7-13(15)5-4-12(14)8-16/h4-5,7,11H,2-3,6,8-10,16H2,1H3. The summed E-state index contributed by atoms with van der Waals surface area (Å²) in [6, 6.07) is 5.38. The molecule has 1 heterocycles. The maximum absolute atomic E-state index is 11.6. The summed E-state index contributed by atoms with van der Waals surface area (Å²) in [6.45, 7) is 1.96. The van der Waals surface area contributed by atoms with Crippen molar-refractivity contribution in [3.05, 3.63) is 28.8 Å². The van der Waals surface area contributed by atoms with Gasteiger partial charge in [-0.05, 0) is 25.0 Å². The molecule has 1 aliphatic rings. The van der Waals surface area contributed by atoms with E-state index in [0.717, 1.165) is 18.4 Å². The van der Waals surface area contributed by atoms with Gasteiger partial charge in [-0.2, -0.15) is 0 Å². The van der Waals surface area contributed by atoms with E-state index in [1.165, 1.54) is 10.6 Å². The Kier molecular flexibility index (Phi) is 5.48. The zero-order chi connectivity index (χ0) is 15.5. The first-order valence-corrected chi connectivity index (χ1v) is 9.19. The maximum atomic E-state index is 11.6. The normalized spacial score (nSPS) is 20.4. The highest BCUT2D eigenvalue weighted by atomic mass is 35.5. The molecule has 0 aliphatic carbocycles. The maximum Gasteiger partial charge on any atom is 0.211 e. The Morgan fingerprint density at radius 3 is 2.90 bits per heavy atom. The Morgan fingerprint density at radius 2 is 2.24 bits per heavy atom. The lowest BCUT2D eigenvalue weighted by atomic mass is 10.0. The molecule has 7 heteroatoms. The number of nitrogens with zero attached hydrogens (tertiary/aromatic N) is 1. The van der Waals surface area contributed by atoms with E-state index in [-0.39, 0.29) is 5.92 Å². The van der Waals surface area contributed by atoms with Crippen LogP contribution < -0.4 is 10.5 Å². The molecule has 2 rings (SSSR count). The summed E-state index contributed by atoms with van der Waals surface area (Å²) in [7, 11) is -3.12. The van der Waals surface area contributed by atoms with E-state index < -0.39 is 10.0 Å². The predicted molar refractivity (Wildman–Crippen MR) is 84.0 cm³/mol. The summed E-state index contributed by atoms with van der Waals surface area (Å²) in [5.41, 5.74) is 6.58. The molecular weight excluding hydrogens is 312 g/mol. The van der Waals surface area contributed by atoms with E-state index in [9.17, 15) is 8.42 Å². The van der Waals surface area contributed by atoms with E-state index in [2.05, 4.69) is 0 Å². The second-order valence-corrected chi connectivity index (χ2v) is 7.82. The van der Waals surface area contributed by atoms with Crippen molar-refractivity contribution < 1.29 is 13.2 Å². The number of hydrogen-bond donors (Lipinski definition) is 1. The van der Waals surface area contributed by atoms with Gasteiger partial charge in [-0.3, -0.25) is 0 Å². The molecule has 0 radical (unpaired) electrons. The Labute approximate surface area is 131 Å². The van der Waals surface area contributed by atoms with Crippen LogP contribution >= 0.6 is 11.6 Å². The van der Waals surface area contributed by atoms with Gasteiger partial charge >= 0.3 is 0 Å². The number of benzene rings is 1. The summed E-state index contributed by atoms with van der Waals surface area (Å²) >= 11 is 5.97. The SMILES string of the molecule is CS(=O)(=O)N1CCCC(COc2cc(Cl)ccc2CN)C1. The highest BCUT2D eigenvalue weighted by Crippen LogP contribution is 2.25. The van der Waals surface area contributed by atoms with E-state index in [4.69, 9.17) is 22.1 Å². The second-order valence-electron chi connectivity index (χ2n) is 5.40. The molecule has 118 valence electrons. The van der Waals surface area contributed by atoms with Gasteiger partial charge in [-0.25, -0.2) is 12.7 Å². The number of halogens is 1. The van der Waals surface area contributed by atoms with Crippen molar-refractivity contribution in [1.82, 2.24) is 4.31 Å². The molecule has 1 aliphatic heterocycles. The number of hydrogen-bond acceptors (Lipinski definition) is 4. The van der Waals surface area contributed by atoms with Crippen LogP contribution in [0.5, 0.6) is 5.75 Å². The molecule has 2 N–H and O–H groups in total. The summed E-state index contributed by atoms with van der Waals surface area (Å²) in [6.07, 6.45) is 3.07. The number of ether oxygens (including phenoxy) is 1. The Hall–Kier alpha value is -0.820. The third-order valence-electron chi connectivity index (χ3n) is 3.67. The molecule has 0 aromatic heterocycles. The van der Waals surface area contributed by atoms with Crippen molar-refractivity contribution in [2.75, 3.05) is 26.0 Å². The summed E-state index contributed by atoms with van der Waals surface area (Å²) in [5, 5.41) is 0.601. The molecule has 0 bridgehead atoms. The lowest BCUT2D eigenvalue weighted by Crippen LogP contribution is -2.41. The van der Waals surface area contributed by atoms with E-state index in [1.807, 2.05) is 6.07 Å². The van der Waals surface area contributed by atoms with Crippen molar-refractivity contribution >= 4 is 21.6 Å². The number of nitrogens with two attached hydrogens (primary N) is 1. The smallest absolute Gasteiger partial charge is 0.211 e. The van der Waals surface area contributed by atoms with Gasteiger partial charge in [0.2, 0.25) is 10.0 Å². The number of sulfonamides is 1. The third-order valence-corrected chi connectivity index (χ3v) is 5.18. The molecule has 1 fully saturated rings. The van der Waals surface area contributed by atoms with Gasteiger partial charge in [0.05, 0.1) is 12.9 Å². The first kappa shape index (κ1) is 16.5. The van der Waals surface area contributed by atoms with E-state index >= 15 is 0 Å². The fourth-order valence-electron chi connectivity index (χ4n) is 2.50. The molecule has 0 spiro atoms. The molecule has 1 atom stereocenters. The van der Waals surface area contributed by atoms with E-state index in [0.29, 0.717) is 37.0 Å². The van der Waals surface area contributed by atoms with Gasteiger partial charge < -0.3 is 10.5 Å². The Bertz CT molecular complexity index is 592. The molecule has 5 nitrogen and oxygen atoms in total. The molecule has 1 saturated heterocycles. The van der Waals surface area contributed by atoms with Crippen LogP contribution in [0.25, 0.3) is 0 Å². The fraction of sp³-hybridized carbons (Fsp3) is 0.571. The van der Waals surface area contributed by atoms with Gasteiger partial charge in [-0.1, -0.05) is 17.7 Å². The average molecular weight is 333 g/mol. The Balaban J connectivity index is 1.98. The van der Waals surface area contributed by atoms with Gasteiger partial charge in [-0.15, -0.1) is 0 Å². The molecule has 1 aromatic rings. The van der Waals surface area contributed by atoms with Crippen LogP contribution in [-0.4, -0.2) is 38.7 Å². The van der Waals surface area contributed by atoms with Crippen LogP contribution in [-0.2, 0) is 16.6 Å². The zero-order valence-corrected chi connectivity index (χ0v) is 13.7. The highest BCUT2D eigenvalue weighted by Gasteiger charge is 2.26. The molecular formula is C14H21ClN2O3S. The van der Waals surface area contributed by atoms with Crippen molar-refractivity contribution in [2.24, 2.45) is 11.7 Å². The summed E-state index contributed by atoms with van der Waals surface area (Å²) < 4.78 is 30.5. The van der Waals surface area contributed by atoms with Gasteiger partial charge in [0.15, 0.2) is 0 Å². The molecule has 0 saturated carbocycles. The quantitative estimate of drug-likeness (QED) is 0.893. The van der Waals surface area contributed by atoms with Gasteiger partial charge in [0, 0.05) is 36.1 Å². The van der Waals surface area contributed by atoms with Crippen molar-refractivity contribution in [3.8, 4) is 5.75 Å². The first-order chi connectivity index (χ1) is 9.90. The minimum absolute atomic E-state index is 0.193. The van der Waals surface area contributed by atoms with Crippen LogP contribution in [0.3, 0.4) is 0 Å². The molecule has 1 unspecified atom stereocenters. The minimum Gasteiger partial charge on any atom is -0.493 e. The largest absolute Gasteiger partial charge is 0.493 e. The van der Waals surface area contributed by atoms with Crippen LogP contribution in [0.1, 0.15) is 18.4 Å². The first-order valence-electron chi connectivity index (χ1n) is 6.96. The predicted octanol–water partition coefficient (Wildman–Crippen LogP) is 1.85. The number of rotatable bonds is 5. The zero-order valence-electron chi connectivity index (χ0n) is 12.1. The van der Waals surface area contributed by atoms with Gasteiger partial charge in [0.25, 0.3) is 0 Å². The minimum atomic E-state index is -3.12. The molecule has 21 heavy (non-hydrogen) atoms. The highest BCUT2D eigenvalue weighted by molar-refractivity contribution is 7.88. The van der Waals surface area contributed by atoms with Crippen LogP contribution in [0.4, 0.5) is 0 Å². The summed E-state index contributed by atoms with van der Waals surface area (Å²) in [4.78, 5) is 0. The van der Waals surface area contributed by atoms with E-state index in [1.54, 1.807) is 12.1 Å². The third kappa shape index (κ3) is 4.57. The van der Waals surface area contributed by atoms with Gasteiger partial charge in [0.1, 0.15) is 5.75 Å². The topological polar surface area (TPSA) is 72.6 Å². The Morgan fingerprint density at radius 1 is 1.48 bits per heavy atom. The fourth-order valence-corrected chi connectivity index (χ4v) is 3.61. The lowest BCUT2D eigenvalue weighted by Gasteiger charge is -2.30. The number of piperidine rings is 1. The molecule has 0 amide bonds. The van der Waals surface area contributed by atoms with Crippen LogP contribution in [0.15, 0.2) is 18.2 Å². The second kappa shape index (κ2) is 6.96. The molecule has 1 aromatic carbocycles. The van der Waals surface area contributed by atoms with Crippen LogP contribution in [0.2, 0.25) is 5.02 Å². The van der Waals surface area contributed by atoms with Crippen molar-refractivity contribution in [1.29, 1.82) is 0 Å².